The van der Waals surface area contributed by atoms with Crippen molar-refractivity contribution in [1.29, 1.82) is 0 Å². The number of aromatic amines is 1. The number of anilines is 1. The molecule has 1 aromatic carbocycles. The van der Waals surface area contributed by atoms with Crippen molar-refractivity contribution in [1.82, 2.24) is 29.5 Å². The van der Waals surface area contributed by atoms with Gasteiger partial charge in [-0.15, -0.1) is 11.3 Å². The van der Waals surface area contributed by atoms with Gasteiger partial charge in [0.2, 0.25) is 11.9 Å². The third kappa shape index (κ3) is 3.81. The normalized spacial score (nSPS) is 11.2. The van der Waals surface area contributed by atoms with Crippen LogP contribution in [0.25, 0.3) is 22.7 Å². The number of amides is 1. The van der Waals surface area contributed by atoms with Crippen molar-refractivity contribution in [3.05, 3.63) is 80.0 Å². The SMILES string of the molecule is Cc1cc(NC(=O)Cc2cccs2)n(-c2nc3c(cnn3-c3ccc(Cl)cc3)c(=O)[nH]2)n1. The first-order chi connectivity index (χ1) is 15.5. The van der Waals surface area contributed by atoms with Gasteiger partial charge in [0.05, 0.1) is 24.0 Å². The Balaban J connectivity index is 1.55. The van der Waals surface area contributed by atoms with E-state index in [0.717, 1.165) is 4.88 Å². The number of aromatic nitrogens is 6. The third-order valence-corrected chi connectivity index (χ3v) is 5.84. The summed E-state index contributed by atoms with van der Waals surface area (Å²) >= 11 is 7.49. The zero-order valence-corrected chi connectivity index (χ0v) is 18.3. The summed E-state index contributed by atoms with van der Waals surface area (Å²) in [6.45, 7) is 1.79. The summed E-state index contributed by atoms with van der Waals surface area (Å²) in [5.41, 5.74) is 1.35. The van der Waals surface area contributed by atoms with Crippen LogP contribution in [-0.2, 0) is 11.2 Å². The molecule has 0 aliphatic rings. The highest BCUT2D eigenvalue weighted by molar-refractivity contribution is 7.10. The Morgan fingerprint density at radius 3 is 2.78 bits per heavy atom. The molecule has 2 N–H and O–H groups in total. The minimum Gasteiger partial charge on any atom is -0.310 e. The zero-order valence-electron chi connectivity index (χ0n) is 16.7. The highest BCUT2D eigenvalue weighted by Gasteiger charge is 2.17. The number of H-pyrrole nitrogens is 1. The maximum atomic E-state index is 12.7. The van der Waals surface area contributed by atoms with Crippen molar-refractivity contribution in [3.63, 3.8) is 0 Å². The molecule has 5 rings (SSSR count). The van der Waals surface area contributed by atoms with E-state index in [4.69, 9.17) is 11.6 Å². The van der Waals surface area contributed by atoms with Gasteiger partial charge in [-0.1, -0.05) is 17.7 Å². The number of nitrogens with zero attached hydrogens (tertiary/aromatic N) is 5. The van der Waals surface area contributed by atoms with Gasteiger partial charge in [-0.25, -0.2) is 4.68 Å². The van der Waals surface area contributed by atoms with E-state index >= 15 is 0 Å². The molecular formula is C21H16ClN7O2S. The lowest BCUT2D eigenvalue weighted by Crippen LogP contribution is -2.19. The Morgan fingerprint density at radius 2 is 2.03 bits per heavy atom. The van der Waals surface area contributed by atoms with Crippen molar-refractivity contribution >= 4 is 45.7 Å². The van der Waals surface area contributed by atoms with E-state index < -0.39 is 0 Å². The first kappa shape index (κ1) is 20.2. The van der Waals surface area contributed by atoms with Gasteiger partial charge in [-0.3, -0.25) is 14.6 Å². The molecule has 0 unspecified atom stereocenters. The van der Waals surface area contributed by atoms with Gasteiger partial charge in [0.25, 0.3) is 5.56 Å². The molecule has 0 bridgehead atoms. The van der Waals surface area contributed by atoms with Crippen molar-refractivity contribution < 1.29 is 4.79 Å². The summed E-state index contributed by atoms with van der Waals surface area (Å²) in [6, 6.07) is 12.5. The van der Waals surface area contributed by atoms with E-state index in [2.05, 4.69) is 25.5 Å². The monoisotopic (exact) mass is 465 g/mol. The average molecular weight is 466 g/mol. The van der Waals surface area contributed by atoms with Crippen LogP contribution in [-0.4, -0.2) is 35.4 Å². The number of hydrogen-bond donors (Lipinski definition) is 2. The summed E-state index contributed by atoms with van der Waals surface area (Å²) in [7, 11) is 0. The molecule has 0 spiro atoms. The molecule has 5 aromatic rings. The summed E-state index contributed by atoms with van der Waals surface area (Å²) in [6.07, 6.45) is 1.70. The summed E-state index contributed by atoms with van der Waals surface area (Å²) in [4.78, 5) is 33.5. The predicted molar refractivity (Wildman–Crippen MR) is 123 cm³/mol. The number of carbonyl (C=O) groups excluding carboxylic acids is 1. The fourth-order valence-electron chi connectivity index (χ4n) is 3.29. The molecule has 4 aromatic heterocycles. The second kappa shape index (κ2) is 8.06. The fourth-order valence-corrected chi connectivity index (χ4v) is 4.12. The van der Waals surface area contributed by atoms with Crippen LogP contribution in [0.15, 0.2) is 58.8 Å². The lowest BCUT2D eigenvalue weighted by atomic mass is 10.3. The van der Waals surface area contributed by atoms with Crippen LogP contribution in [0.5, 0.6) is 0 Å². The Bertz CT molecular complexity index is 1480. The van der Waals surface area contributed by atoms with E-state index in [1.165, 1.54) is 22.2 Å². The maximum absolute atomic E-state index is 12.7. The number of carbonyl (C=O) groups is 1. The molecular weight excluding hydrogens is 450 g/mol. The molecule has 0 fully saturated rings. The van der Waals surface area contributed by atoms with Crippen LogP contribution in [0, 0.1) is 6.92 Å². The van der Waals surface area contributed by atoms with E-state index in [9.17, 15) is 9.59 Å². The number of rotatable bonds is 5. The molecule has 0 atom stereocenters. The quantitative estimate of drug-likeness (QED) is 0.412. The van der Waals surface area contributed by atoms with Crippen LogP contribution in [0.3, 0.4) is 0 Å². The second-order valence-corrected chi connectivity index (χ2v) is 8.52. The number of halogens is 1. The van der Waals surface area contributed by atoms with Gasteiger partial charge in [0, 0.05) is 16.0 Å². The molecule has 0 radical (unpaired) electrons. The van der Waals surface area contributed by atoms with Gasteiger partial charge >= 0.3 is 0 Å². The molecule has 11 heteroatoms. The predicted octanol–water partition coefficient (Wildman–Crippen LogP) is 3.50. The molecule has 160 valence electrons. The van der Waals surface area contributed by atoms with Crippen molar-refractivity contribution in [2.24, 2.45) is 0 Å². The van der Waals surface area contributed by atoms with Gasteiger partial charge in [-0.2, -0.15) is 19.9 Å². The van der Waals surface area contributed by atoms with Crippen molar-refractivity contribution in [3.8, 4) is 11.6 Å². The summed E-state index contributed by atoms with van der Waals surface area (Å²) < 4.78 is 2.96. The molecule has 32 heavy (non-hydrogen) atoms. The number of nitrogens with one attached hydrogen (secondary N) is 2. The van der Waals surface area contributed by atoms with Crippen LogP contribution < -0.4 is 10.9 Å². The highest BCUT2D eigenvalue weighted by atomic mass is 35.5. The Hall–Kier alpha value is -3.76. The first-order valence-corrected chi connectivity index (χ1v) is 10.9. The Labute approximate surface area is 190 Å². The molecule has 0 aliphatic carbocycles. The lowest BCUT2D eigenvalue weighted by molar-refractivity contribution is -0.115. The molecule has 9 nitrogen and oxygen atoms in total. The summed E-state index contributed by atoms with van der Waals surface area (Å²) in [5, 5.41) is 14.4. The van der Waals surface area contributed by atoms with Gasteiger partial charge < -0.3 is 5.32 Å². The van der Waals surface area contributed by atoms with Crippen LogP contribution in [0.2, 0.25) is 5.02 Å². The van der Waals surface area contributed by atoms with Gasteiger partial charge in [0.15, 0.2) is 5.65 Å². The molecule has 0 aliphatic heterocycles. The van der Waals surface area contributed by atoms with E-state index in [1.807, 2.05) is 17.5 Å². The number of aryl methyl sites for hydroxylation is 1. The molecule has 0 saturated carbocycles. The first-order valence-electron chi connectivity index (χ1n) is 9.61. The topological polar surface area (TPSA) is 110 Å². The second-order valence-electron chi connectivity index (χ2n) is 7.05. The maximum Gasteiger partial charge on any atom is 0.263 e. The smallest absolute Gasteiger partial charge is 0.263 e. The number of thiophene rings is 1. The van der Waals surface area contributed by atoms with Crippen molar-refractivity contribution in [2.75, 3.05) is 5.32 Å². The summed E-state index contributed by atoms with van der Waals surface area (Å²) in [5.74, 6) is 0.380. The van der Waals surface area contributed by atoms with E-state index in [-0.39, 0.29) is 23.8 Å². The van der Waals surface area contributed by atoms with Gasteiger partial charge in [-0.05, 0) is 42.6 Å². The molecule has 4 heterocycles. The van der Waals surface area contributed by atoms with E-state index in [1.54, 1.807) is 41.9 Å². The minimum atomic E-state index is -0.366. The van der Waals surface area contributed by atoms with E-state index in [0.29, 0.717) is 33.3 Å². The zero-order chi connectivity index (χ0) is 22.2. The highest BCUT2D eigenvalue weighted by Crippen LogP contribution is 2.20. The lowest BCUT2D eigenvalue weighted by Gasteiger charge is -2.09. The number of hydrogen-bond acceptors (Lipinski definition) is 6. The van der Waals surface area contributed by atoms with Crippen LogP contribution in [0.1, 0.15) is 10.6 Å². The minimum absolute atomic E-state index is 0.165. The number of benzene rings is 1. The average Bonchev–Trinajstić information content (AvgIpc) is 3.49. The van der Waals surface area contributed by atoms with Crippen LogP contribution >= 0.6 is 22.9 Å². The third-order valence-electron chi connectivity index (χ3n) is 4.71. The standard InChI is InChI=1S/C21H16ClN7O2S/c1-12-9-17(24-18(30)10-15-3-2-8-32-15)29(27-12)21-25-19-16(20(31)26-21)11-23-28(19)14-6-4-13(22)5-7-14/h2-9,11H,10H2,1H3,(H,24,30)(H,25,26,31). The van der Waals surface area contributed by atoms with Crippen LogP contribution in [0.4, 0.5) is 5.82 Å². The molecule has 0 saturated heterocycles. The Kier molecular flexibility index (Phi) is 5.08. The molecule has 1 amide bonds. The van der Waals surface area contributed by atoms with Crippen molar-refractivity contribution in [2.45, 2.75) is 13.3 Å². The number of fused-ring (bicyclic) bond motifs is 1. The fraction of sp³-hybridized carbons (Fsp3) is 0.0952. The largest absolute Gasteiger partial charge is 0.310 e. The Morgan fingerprint density at radius 1 is 1.22 bits per heavy atom. The van der Waals surface area contributed by atoms with Gasteiger partial charge in [0.1, 0.15) is 11.2 Å².